The van der Waals surface area contributed by atoms with Gasteiger partial charge in [-0.25, -0.2) is 22.2 Å². The van der Waals surface area contributed by atoms with E-state index in [0.717, 1.165) is 23.4 Å². The van der Waals surface area contributed by atoms with E-state index in [1.165, 1.54) is 0 Å². The Morgan fingerprint density at radius 2 is 2.00 bits per heavy atom. The number of hydrogen-bond donors (Lipinski definition) is 2. The van der Waals surface area contributed by atoms with Gasteiger partial charge >= 0.3 is 0 Å². The second kappa shape index (κ2) is 8.70. The second-order valence-electron chi connectivity index (χ2n) is 6.97. The summed E-state index contributed by atoms with van der Waals surface area (Å²) in [5, 5.41) is 3.13. The van der Waals surface area contributed by atoms with Crippen molar-refractivity contribution < 1.29 is 36.1 Å². The van der Waals surface area contributed by atoms with Crippen LogP contribution in [-0.4, -0.2) is 44.0 Å². The highest BCUT2D eigenvalue weighted by atomic mass is 32.2. The molecular weight excluding hydrogens is 482 g/mol. The Kier molecular flexibility index (Phi) is 5.74. The number of anilines is 1. The minimum absolute atomic E-state index is 0.0802. The molecule has 14 heteroatoms. The lowest BCUT2D eigenvalue weighted by Gasteiger charge is -2.33. The summed E-state index contributed by atoms with van der Waals surface area (Å²) in [5.74, 6) is -1.63. The molecule has 0 radical (unpaired) electrons. The van der Waals surface area contributed by atoms with Gasteiger partial charge in [0.1, 0.15) is 17.0 Å². The Bertz CT molecular complexity index is 1280. The highest BCUT2D eigenvalue weighted by molar-refractivity contribution is 7.93. The molecule has 2 atom stereocenters. The fourth-order valence-corrected chi connectivity index (χ4v) is 5.12. The summed E-state index contributed by atoms with van der Waals surface area (Å²) in [6.07, 6.45) is 0.112. The molecule has 1 aromatic heterocycles. The molecule has 1 saturated heterocycles. The molecule has 0 aliphatic carbocycles. The largest absolute Gasteiger partial charge is 0.460 e. The van der Waals surface area contributed by atoms with E-state index in [2.05, 4.69) is 14.7 Å². The van der Waals surface area contributed by atoms with Gasteiger partial charge in [0.25, 0.3) is 10.0 Å². The van der Waals surface area contributed by atoms with Crippen LogP contribution >= 0.6 is 11.5 Å². The van der Waals surface area contributed by atoms with Gasteiger partial charge < -0.3 is 24.3 Å². The van der Waals surface area contributed by atoms with Gasteiger partial charge in [0, 0.05) is 30.2 Å². The van der Waals surface area contributed by atoms with E-state index in [0.29, 0.717) is 30.2 Å². The Hall–Kier alpha value is -3.07. The standard InChI is InChI=1S/C19H16F2N4O6S2/c20-11-7-16(33(26,27)25-19-23-8-24-32-19)12(21)6-14(11)31-18-17(22-3-4-28-18)10-1-2-13-15(5-10)30-9-29-13/h1-2,5-8,17-18,22H,3-4,9H2,(H,23,24,25). The second-order valence-corrected chi connectivity index (χ2v) is 9.40. The molecular formula is C19H16F2N4O6S2. The first-order valence-electron chi connectivity index (χ1n) is 9.60. The van der Waals surface area contributed by atoms with Crippen molar-refractivity contribution >= 4 is 26.7 Å². The van der Waals surface area contributed by atoms with Crippen molar-refractivity contribution in [2.75, 3.05) is 24.7 Å². The first-order valence-corrected chi connectivity index (χ1v) is 11.9. The number of hydrogen-bond acceptors (Lipinski definition) is 10. The van der Waals surface area contributed by atoms with E-state index in [-0.39, 0.29) is 18.5 Å². The third-order valence-electron chi connectivity index (χ3n) is 4.88. The maximum absolute atomic E-state index is 14.8. The first kappa shape index (κ1) is 21.8. The van der Waals surface area contributed by atoms with Crippen LogP contribution in [0.1, 0.15) is 11.6 Å². The molecule has 2 N–H and O–H groups in total. The third-order valence-corrected chi connectivity index (χ3v) is 6.94. The molecule has 2 aromatic carbocycles. The van der Waals surface area contributed by atoms with Crippen molar-refractivity contribution in [2.45, 2.75) is 17.2 Å². The molecule has 3 aromatic rings. The lowest BCUT2D eigenvalue weighted by atomic mass is 10.0. The molecule has 0 amide bonds. The number of nitrogens with zero attached hydrogens (tertiary/aromatic N) is 2. The van der Waals surface area contributed by atoms with E-state index >= 15 is 0 Å². The number of nitrogens with one attached hydrogen (secondary N) is 2. The minimum Gasteiger partial charge on any atom is -0.460 e. The lowest BCUT2D eigenvalue weighted by molar-refractivity contribution is -0.125. The van der Waals surface area contributed by atoms with Gasteiger partial charge in [-0.15, -0.1) is 0 Å². The lowest BCUT2D eigenvalue weighted by Crippen LogP contribution is -2.45. The molecule has 0 bridgehead atoms. The number of benzene rings is 2. The molecule has 3 heterocycles. The van der Waals surface area contributed by atoms with E-state index < -0.39 is 44.6 Å². The third kappa shape index (κ3) is 4.42. The van der Waals surface area contributed by atoms with E-state index in [4.69, 9.17) is 18.9 Å². The average molecular weight is 498 g/mol. The smallest absolute Gasteiger partial charge is 0.266 e. The van der Waals surface area contributed by atoms with Crippen LogP contribution in [0.4, 0.5) is 13.9 Å². The molecule has 33 heavy (non-hydrogen) atoms. The topological polar surface area (TPSA) is 121 Å². The number of halogens is 2. The van der Waals surface area contributed by atoms with Gasteiger partial charge in [0.15, 0.2) is 23.1 Å². The Morgan fingerprint density at radius 1 is 1.15 bits per heavy atom. The van der Waals surface area contributed by atoms with Crippen LogP contribution in [0.3, 0.4) is 0 Å². The van der Waals surface area contributed by atoms with Crippen molar-refractivity contribution in [3.05, 3.63) is 53.9 Å². The van der Waals surface area contributed by atoms with Crippen molar-refractivity contribution in [2.24, 2.45) is 0 Å². The quantitative estimate of drug-likeness (QED) is 0.528. The van der Waals surface area contributed by atoms with Gasteiger partial charge in [-0.3, -0.25) is 4.72 Å². The maximum Gasteiger partial charge on any atom is 0.266 e. The predicted octanol–water partition coefficient (Wildman–Crippen LogP) is 2.41. The fraction of sp³-hybridized carbons (Fsp3) is 0.263. The van der Waals surface area contributed by atoms with Crippen molar-refractivity contribution in [3.63, 3.8) is 0 Å². The van der Waals surface area contributed by atoms with Gasteiger partial charge in [0.2, 0.25) is 18.2 Å². The summed E-state index contributed by atoms with van der Waals surface area (Å²) in [6, 6.07) is 5.94. The highest BCUT2D eigenvalue weighted by Crippen LogP contribution is 2.36. The zero-order valence-electron chi connectivity index (χ0n) is 16.7. The van der Waals surface area contributed by atoms with Crippen LogP contribution in [0.5, 0.6) is 17.2 Å². The summed E-state index contributed by atoms with van der Waals surface area (Å²) < 4.78 is 82.0. The summed E-state index contributed by atoms with van der Waals surface area (Å²) in [4.78, 5) is 2.78. The van der Waals surface area contributed by atoms with Crippen LogP contribution in [-0.2, 0) is 14.8 Å². The molecule has 174 valence electrons. The molecule has 2 unspecified atom stereocenters. The number of morpholine rings is 1. The molecule has 0 saturated carbocycles. The summed E-state index contributed by atoms with van der Waals surface area (Å²) in [5.41, 5.74) is 0.727. The highest BCUT2D eigenvalue weighted by Gasteiger charge is 2.32. The molecule has 10 nitrogen and oxygen atoms in total. The Morgan fingerprint density at radius 3 is 2.82 bits per heavy atom. The van der Waals surface area contributed by atoms with Crippen molar-refractivity contribution in [1.82, 2.24) is 14.7 Å². The molecule has 0 spiro atoms. The number of aromatic nitrogens is 2. The maximum atomic E-state index is 14.8. The number of fused-ring (bicyclic) bond motifs is 1. The van der Waals surface area contributed by atoms with E-state index in [9.17, 15) is 17.2 Å². The Balaban J connectivity index is 1.39. The number of sulfonamides is 1. The van der Waals surface area contributed by atoms with Gasteiger partial charge in [0.05, 0.1) is 12.6 Å². The van der Waals surface area contributed by atoms with Crippen molar-refractivity contribution in [3.8, 4) is 17.2 Å². The number of ether oxygens (including phenoxy) is 4. The van der Waals surface area contributed by atoms with E-state index in [1.807, 2.05) is 4.72 Å². The van der Waals surface area contributed by atoms with Gasteiger partial charge in [-0.1, -0.05) is 6.07 Å². The van der Waals surface area contributed by atoms with Crippen molar-refractivity contribution in [1.29, 1.82) is 0 Å². The van der Waals surface area contributed by atoms with Crippen LogP contribution in [0, 0.1) is 11.6 Å². The Labute approximate surface area is 190 Å². The zero-order valence-corrected chi connectivity index (χ0v) is 18.3. The van der Waals surface area contributed by atoms with Gasteiger partial charge in [-0.05, 0) is 17.7 Å². The molecule has 2 aliphatic rings. The van der Waals surface area contributed by atoms with Crippen LogP contribution < -0.4 is 24.2 Å². The molecule has 1 fully saturated rings. The van der Waals surface area contributed by atoms with Crippen LogP contribution in [0.2, 0.25) is 0 Å². The zero-order chi connectivity index (χ0) is 23.0. The summed E-state index contributed by atoms with van der Waals surface area (Å²) in [7, 11) is -4.43. The van der Waals surface area contributed by atoms with Gasteiger partial charge in [-0.2, -0.15) is 4.37 Å². The van der Waals surface area contributed by atoms with E-state index in [1.54, 1.807) is 18.2 Å². The SMILES string of the molecule is O=S(=O)(Nc1ncns1)c1cc(F)c(OC2OCCNC2c2ccc3c(c2)OCO3)cc1F. The minimum atomic E-state index is -4.43. The fourth-order valence-electron chi connectivity index (χ4n) is 3.39. The van der Waals surface area contributed by atoms with Crippen LogP contribution in [0.15, 0.2) is 41.6 Å². The first-order chi connectivity index (χ1) is 15.9. The average Bonchev–Trinajstić information content (AvgIpc) is 3.47. The summed E-state index contributed by atoms with van der Waals surface area (Å²) in [6.45, 7) is 0.888. The van der Waals surface area contributed by atoms with Crippen LogP contribution in [0.25, 0.3) is 0 Å². The molecule has 2 aliphatic heterocycles. The predicted molar refractivity (Wildman–Crippen MR) is 111 cm³/mol. The monoisotopic (exact) mass is 498 g/mol. The number of rotatable bonds is 6. The normalized spacial score (nSPS) is 19.9. The molecule has 5 rings (SSSR count). The summed E-state index contributed by atoms with van der Waals surface area (Å²) >= 11 is 0.754.